The second-order valence-electron chi connectivity index (χ2n) is 25.5. The Labute approximate surface area is 484 Å². The number of hydrogen-bond acceptors (Lipinski definition) is 7. The van der Waals surface area contributed by atoms with Crippen molar-refractivity contribution in [1.82, 2.24) is 0 Å². The van der Waals surface area contributed by atoms with Crippen LogP contribution in [-0.4, -0.2) is 74.4 Å². The number of nitrogens with zero attached hydrogens (tertiary/aromatic N) is 4. The normalized spacial score (nSPS) is 21.9. The summed E-state index contributed by atoms with van der Waals surface area (Å²) in [5.41, 5.74) is 11.8. The fourth-order valence-electron chi connectivity index (χ4n) is 13.9. The molecule has 0 aromatic heterocycles. The smallest absolute Gasteiger partial charge is 0.209 e. The molecule has 4 aromatic rings. The van der Waals surface area contributed by atoms with Crippen LogP contribution in [0, 0.1) is 0 Å². The number of carbonyl (C=O) groups is 3. The Balaban J connectivity index is 0.898. The Morgan fingerprint density at radius 3 is 1.28 bits per heavy atom. The average Bonchev–Trinajstić information content (AvgIpc) is 3.78. The molecule has 0 fully saturated rings. The van der Waals surface area contributed by atoms with Crippen molar-refractivity contribution in [3.63, 3.8) is 0 Å². The monoisotopic (exact) mass is 1090 g/mol. The summed E-state index contributed by atoms with van der Waals surface area (Å²) in [5.74, 6) is -1.69. The number of fused-ring (bicyclic) bond motifs is 4. The summed E-state index contributed by atoms with van der Waals surface area (Å²) in [7, 11) is 0. The van der Waals surface area contributed by atoms with Gasteiger partial charge in [0.25, 0.3) is 0 Å². The minimum Gasteiger partial charge on any atom is -0.871 e. The van der Waals surface area contributed by atoms with E-state index in [1.54, 1.807) is 12.2 Å². The lowest BCUT2D eigenvalue weighted by Crippen LogP contribution is -2.35. The van der Waals surface area contributed by atoms with E-state index in [0.29, 0.717) is 24.2 Å². The molecule has 0 unspecified atom stereocenters. The predicted octanol–water partition coefficient (Wildman–Crippen LogP) is 11.4. The van der Waals surface area contributed by atoms with Gasteiger partial charge in [0.1, 0.15) is 19.6 Å². The van der Waals surface area contributed by atoms with Crippen molar-refractivity contribution in [2.24, 2.45) is 0 Å². The molecule has 0 radical (unpaired) electrons. The summed E-state index contributed by atoms with van der Waals surface area (Å²) in [6.07, 6.45) is 14.8. The molecule has 0 N–H and O–H groups in total. The average molecular weight is 1100 g/mol. The van der Waals surface area contributed by atoms with Gasteiger partial charge in [0.05, 0.1) is 16.2 Å². The zero-order chi connectivity index (χ0) is 58.5. The Bertz CT molecular complexity index is 3830. The van der Waals surface area contributed by atoms with E-state index in [1.165, 1.54) is 11.1 Å². The quantitative estimate of drug-likeness (QED) is 0.0716. The minimum absolute atomic E-state index is 0.120. The van der Waals surface area contributed by atoms with E-state index in [1.807, 2.05) is 72.8 Å². The van der Waals surface area contributed by atoms with Gasteiger partial charge in [-0.2, -0.15) is 13.7 Å². The number of ketones is 3. The number of rotatable bonds is 18. The zero-order valence-electron chi connectivity index (χ0n) is 50.1. The van der Waals surface area contributed by atoms with Gasteiger partial charge in [-0.15, -0.1) is 0 Å². The van der Waals surface area contributed by atoms with Crippen LogP contribution in [0.2, 0.25) is 0 Å². The van der Waals surface area contributed by atoms with E-state index < -0.39 is 21.7 Å². The molecule has 7 aliphatic rings. The van der Waals surface area contributed by atoms with Crippen molar-refractivity contribution in [1.29, 1.82) is 0 Å². The van der Waals surface area contributed by atoms with Gasteiger partial charge in [-0.1, -0.05) is 127 Å². The maximum Gasteiger partial charge on any atom is 0.209 e. The van der Waals surface area contributed by atoms with Crippen LogP contribution in [0.15, 0.2) is 155 Å². The lowest BCUT2D eigenvalue weighted by Gasteiger charge is -2.33. The maximum atomic E-state index is 14.5. The van der Waals surface area contributed by atoms with Crippen LogP contribution >= 0.6 is 0 Å². The summed E-state index contributed by atoms with van der Waals surface area (Å²) in [5, 5.41) is 43.0. The van der Waals surface area contributed by atoms with E-state index in [9.17, 15) is 29.7 Å². The highest BCUT2D eigenvalue weighted by molar-refractivity contribution is 6.41. The Hall–Kier alpha value is -7.72. The molecule has 0 atom stereocenters. The number of benzene rings is 4. The second-order valence-corrected chi connectivity index (χ2v) is 25.5. The van der Waals surface area contributed by atoms with Crippen molar-refractivity contribution >= 4 is 68.4 Å². The minimum atomic E-state index is -0.695. The predicted molar refractivity (Wildman–Crippen MR) is 322 cm³/mol. The third-order valence-electron chi connectivity index (χ3n) is 18.9. The SMILES string of the molecule is CCCCN1/C(=C/C2=C([O-])C(=C\C3=[N+](CCCC)c4ccc(C5=C([O-])/C(=C/C6=[N+](CCCC)c7ccccc7C6(C)C)C5=O)cc4C3(C)C)/C2=O)C(C)(C)c2cc(C3=C([O-])/C(=C/C4=[N+](CCCC)c5ccccc5C4(C)C)C3=O)ccc21. The highest BCUT2D eigenvalue weighted by atomic mass is 16.3. The first-order valence-corrected chi connectivity index (χ1v) is 30.0. The van der Waals surface area contributed by atoms with Gasteiger partial charge in [0.2, 0.25) is 17.1 Å². The van der Waals surface area contributed by atoms with Crippen molar-refractivity contribution in [3.05, 3.63) is 188 Å². The number of para-hydroxylation sites is 2. The Morgan fingerprint density at radius 1 is 0.439 bits per heavy atom. The lowest BCUT2D eigenvalue weighted by atomic mass is 9.75. The summed E-state index contributed by atoms with van der Waals surface area (Å²) in [4.78, 5) is 45.2. The van der Waals surface area contributed by atoms with Crippen molar-refractivity contribution in [2.45, 2.75) is 156 Å². The summed E-state index contributed by atoms with van der Waals surface area (Å²) in [6, 6.07) is 28.3. The first-order valence-electron chi connectivity index (χ1n) is 30.0. The number of Topliss-reactive ketones (excluding diaryl/α,β-unsaturated/α-hetero) is 3. The van der Waals surface area contributed by atoms with Crippen LogP contribution in [0.3, 0.4) is 0 Å². The van der Waals surface area contributed by atoms with Crippen LogP contribution in [0.5, 0.6) is 0 Å². The van der Waals surface area contributed by atoms with Gasteiger partial charge < -0.3 is 20.2 Å². The van der Waals surface area contributed by atoms with Crippen LogP contribution in [-0.2, 0) is 36.0 Å². The number of hydrogen-bond donors (Lipinski definition) is 0. The van der Waals surface area contributed by atoms with E-state index in [0.717, 1.165) is 121 Å². The molecule has 3 aliphatic carbocycles. The Morgan fingerprint density at radius 2 is 0.841 bits per heavy atom. The summed E-state index contributed by atoms with van der Waals surface area (Å²) in [6.45, 7) is 28.4. The molecule has 4 aliphatic heterocycles. The first-order chi connectivity index (χ1) is 39.1. The molecular formula is C72H78N4O6. The number of unbranched alkanes of at least 4 members (excludes halogenated alkanes) is 4. The molecule has 0 bridgehead atoms. The van der Waals surface area contributed by atoms with E-state index in [4.69, 9.17) is 0 Å². The van der Waals surface area contributed by atoms with Crippen LogP contribution in [0.1, 0.15) is 168 Å². The molecule has 4 aromatic carbocycles. The number of allylic oxidation sites excluding steroid dienone is 11. The van der Waals surface area contributed by atoms with Gasteiger partial charge in [-0.25, -0.2) is 0 Å². The van der Waals surface area contributed by atoms with Gasteiger partial charge in [-0.05, 0) is 95.0 Å². The van der Waals surface area contributed by atoms with Crippen LogP contribution in [0.25, 0.3) is 11.1 Å². The molecule has 0 spiro atoms. The van der Waals surface area contributed by atoms with E-state index in [-0.39, 0.29) is 68.1 Å². The van der Waals surface area contributed by atoms with Gasteiger partial charge in [-0.3, -0.25) is 14.4 Å². The van der Waals surface area contributed by atoms with Crippen LogP contribution in [0.4, 0.5) is 22.7 Å². The molecule has 10 heteroatoms. The molecule has 82 heavy (non-hydrogen) atoms. The molecule has 4 heterocycles. The topological polar surface area (TPSA) is 133 Å². The molecule has 422 valence electrons. The third-order valence-corrected chi connectivity index (χ3v) is 18.9. The van der Waals surface area contributed by atoms with Crippen molar-refractivity contribution in [2.75, 3.05) is 31.1 Å². The van der Waals surface area contributed by atoms with E-state index >= 15 is 0 Å². The largest absolute Gasteiger partial charge is 0.871 e. The Kier molecular flexibility index (Phi) is 14.1. The highest BCUT2D eigenvalue weighted by Crippen LogP contribution is 2.52. The van der Waals surface area contributed by atoms with Gasteiger partial charge in [0, 0.05) is 129 Å². The first kappa shape index (κ1) is 56.2. The van der Waals surface area contributed by atoms with Crippen LogP contribution < -0.4 is 20.2 Å². The van der Waals surface area contributed by atoms with E-state index in [2.05, 4.69) is 126 Å². The zero-order valence-corrected chi connectivity index (χ0v) is 50.1. The number of anilines is 1. The fourth-order valence-corrected chi connectivity index (χ4v) is 13.9. The molecule has 0 saturated heterocycles. The van der Waals surface area contributed by atoms with Gasteiger partial charge in [0.15, 0.2) is 34.5 Å². The fraction of sp³-hybridized carbons (Fsp3) is 0.389. The molecular weight excluding hydrogens is 1020 g/mol. The summed E-state index contributed by atoms with van der Waals surface area (Å²) < 4.78 is 6.74. The molecule has 11 rings (SSSR count). The number of carbonyl (C=O) groups excluding carboxylic acids is 3. The van der Waals surface area contributed by atoms with Crippen molar-refractivity contribution < 1.29 is 43.4 Å². The second kappa shape index (κ2) is 20.6. The molecule has 0 saturated carbocycles. The summed E-state index contributed by atoms with van der Waals surface area (Å²) >= 11 is 0. The third kappa shape index (κ3) is 8.47. The maximum absolute atomic E-state index is 14.5. The molecule has 0 amide bonds. The standard InChI is InChI=1S/C72H78N4O6/c1-13-17-33-73-53-27-23-21-25-49(53)69(5,6)57(73)41-47-65(79)61(66(47)80)43-29-31-55-51(37-43)71(9,10)59(75(55)35-19-15-3)39-45-63(77)46(64(45)78)40-60-72(11,12)52-38-44(30-32-56(52)76(60)36-20-16-4)62-67(81)48(68(62)82)42-58-70(7,8)50-26-22-24-28-54(50)74(58)34-18-14-2/h21-32,37-42H,13-20,33-36H2,1-12H3. The molecule has 10 nitrogen and oxygen atoms in total. The highest BCUT2D eigenvalue weighted by Gasteiger charge is 2.50. The van der Waals surface area contributed by atoms with Gasteiger partial charge >= 0.3 is 0 Å². The lowest BCUT2D eigenvalue weighted by molar-refractivity contribution is -0.438. The van der Waals surface area contributed by atoms with Crippen molar-refractivity contribution in [3.8, 4) is 0 Å².